The molecule has 1 aromatic rings. The second-order valence-electron chi connectivity index (χ2n) is 3.53. The van der Waals surface area contributed by atoms with Crippen LogP contribution in [0.2, 0.25) is 5.02 Å². The number of benzene rings is 1. The fraction of sp³-hybridized carbons (Fsp3) is 0.400. The Balaban J connectivity index is 2.87. The van der Waals surface area contributed by atoms with Crippen LogP contribution < -0.4 is 5.73 Å². The third-order valence-corrected chi connectivity index (χ3v) is 2.84. The number of hydrogen-bond donors (Lipinski definition) is 1. The van der Waals surface area contributed by atoms with Crippen molar-refractivity contribution in [3.8, 4) is 0 Å². The Labute approximate surface area is 96.6 Å². The van der Waals surface area contributed by atoms with E-state index < -0.39 is 5.67 Å². The van der Waals surface area contributed by atoms with E-state index in [0.29, 0.717) is 5.02 Å². The quantitative estimate of drug-likeness (QED) is 0.903. The molecule has 1 nitrogen and oxygen atoms in total. The van der Waals surface area contributed by atoms with Crippen LogP contribution in [0.25, 0.3) is 0 Å². The number of alkyl halides is 1. The molecule has 78 valence electrons. The van der Waals surface area contributed by atoms with Crippen molar-refractivity contribution in [1.29, 1.82) is 0 Å². The molecule has 0 aromatic heterocycles. The monoisotopic (exact) mass is 279 g/mol. The minimum absolute atomic E-state index is 0.000602. The lowest BCUT2D eigenvalue weighted by Gasteiger charge is -2.18. The second-order valence-corrected chi connectivity index (χ2v) is 4.85. The van der Waals surface area contributed by atoms with Gasteiger partial charge < -0.3 is 5.73 Å². The summed E-state index contributed by atoms with van der Waals surface area (Å²) in [5, 5.41) is 0.566. The molecule has 0 aliphatic heterocycles. The van der Waals surface area contributed by atoms with E-state index in [1.807, 2.05) is 6.07 Å². The van der Waals surface area contributed by atoms with Crippen molar-refractivity contribution in [3.05, 3.63) is 33.3 Å². The van der Waals surface area contributed by atoms with E-state index in [0.717, 1.165) is 10.0 Å². The van der Waals surface area contributed by atoms with Gasteiger partial charge in [0.1, 0.15) is 5.67 Å². The summed E-state index contributed by atoms with van der Waals surface area (Å²) in [7, 11) is 0. The average Bonchev–Trinajstić information content (AvgIpc) is 2.10. The second kappa shape index (κ2) is 4.60. The molecule has 0 radical (unpaired) electrons. The molecule has 0 saturated heterocycles. The molecule has 0 saturated carbocycles. The van der Waals surface area contributed by atoms with Crippen LogP contribution >= 0.6 is 27.5 Å². The van der Waals surface area contributed by atoms with Gasteiger partial charge in [-0.3, -0.25) is 0 Å². The van der Waals surface area contributed by atoms with Gasteiger partial charge in [-0.05, 0) is 24.6 Å². The van der Waals surface area contributed by atoms with Gasteiger partial charge in [0.15, 0.2) is 0 Å². The van der Waals surface area contributed by atoms with E-state index in [1.165, 1.54) is 6.92 Å². The third kappa shape index (κ3) is 3.23. The predicted molar refractivity (Wildman–Crippen MR) is 61.4 cm³/mol. The van der Waals surface area contributed by atoms with Crippen molar-refractivity contribution in [2.24, 2.45) is 5.73 Å². The largest absolute Gasteiger partial charge is 0.328 e. The number of rotatable bonds is 3. The topological polar surface area (TPSA) is 26.0 Å². The zero-order chi connectivity index (χ0) is 10.8. The highest BCUT2D eigenvalue weighted by Gasteiger charge is 2.22. The van der Waals surface area contributed by atoms with Crippen LogP contribution in [0.4, 0.5) is 4.39 Å². The molecule has 0 bridgehead atoms. The molecule has 0 amide bonds. The van der Waals surface area contributed by atoms with Gasteiger partial charge >= 0.3 is 0 Å². The van der Waals surface area contributed by atoms with Crippen LogP contribution in [0.1, 0.15) is 12.5 Å². The highest BCUT2D eigenvalue weighted by Crippen LogP contribution is 2.25. The smallest absolute Gasteiger partial charge is 0.124 e. The van der Waals surface area contributed by atoms with Gasteiger partial charge in [-0.2, -0.15) is 0 Å². The summed E-state index contributed by atoms with van der Waals surface area (Å²) < 4.78 is 14.5. The molecule has 0 spiro atoms. The molecule has 1 atom stereocenters. The van der Waals surface area contributed by atoms with E-state index in [-0.39, 0.29) is 13.0 Å². The first-order valence-electron chi connectivity index (χ1n) is 4.27. The van der Waals surface area contributed by atoms with Gasteiger partial charge in [0.25, 0.3) is 0 Å². The molecule has 0 aliphatic carbocycles. The van der Waals surface area contributed by atoms with Crippen molar-refractivity contribution >= 4 is 27.5 Å². The summed E-state index contributed by atoms with van der Waals surface area (Å²) >= 11 is 9.25. The Morgan fingerprint density at radius 1 is 1.57 bits per heavy atom. The maximum atomic E-state index is 13.6. The highest BCUT2D eigenvalue weighted by molar-refractivity contribution is 9.10. The molecular formula is C10H12BrClFN. The Bertz CT molecular complexity index is 328. The first-order chi connectivity index (χ1) is 6.44. The number of nitrogens with two attached hydrogens (primary N) is 1. The van der Waals surface area contributed by atoms with Crippen molar-refractivity contribution < 1.29 is 4.39 Å². The SMILES string of the molecule is CC(F)(CN)Cc1ccc(Br)cc1Cl. The van der Waals surface area contributed by atoms with E-state index in [2.05, 4.69) is 15.9 Å². The van der Waals surface area contributed by atoms with Gasteiger partial charge in [-0.15, -0.1) is 0 Å². The zero-order valence-electron chi connectivity index (χ0n) is 7.86. The molecule has 1 aromatic carbocycles. The molecule has 0 fully saturated rings. The van der Waals surface area contributed by atoms with Crippen LogP contribution in [0, 0.1) is 0 Å². The van der Waals surface area contributed by atoms with E-state index >= 15 is 0 Å². The summed E-state index contributed by atoms with van der Waals surface area (Å²) in [5.74, 6) is 0. The summed E-state index contributed by atoms with van der Waals surface area (Å²) in [6.45, 7) is 1.48. The average molecular weight is 281 g/mol. The van der Waals surface area contributed by atoms with Gasteiger partial charge in [0.05, 0.1) is 0 Å². The third-order valence-electron chi connectivity index (χ3n) is 2.00. The van der Waals surface area contributed by atoms with Crippen LogP contribution in [-0.2, 0) is 6.42 Å². The summed E-state index contributed by atoms with van der Waals surface area (Å²) in [6, 6.07) is 5.40. The van der Waals surface area contributed by atoms with Gasteiger partial charge in [0.2, 0.25) is 0 Å². The molecular weight excluding hydrogens is 268 g/mol. The minimum atomic E-state index is -1.39. The van der Waals surface area contributed by atoms with Crippen LogP contribution in [0.3, 0.4) is 0 Å². The van der Waals surface area contributed by atoms with Crippen molar-refractivity contribution in [2.45, 2.75) is 19.0 Å². The molecule has 0 aliphatic rings. The molecule has 14 heavy (non-hydrogen) atoms. The molecule has 1 unspecified atom stereocenters. The summed E-state index contributed by atoms with van der Waals surface area (Å²) in [5.41, 5.74) is 4.70. The van der Waals surface area contributed by atoms with Crippen LogP contribution in [0.15, 0.2) is 22.7 Å². The van der Waals surface area contributed by atoms with Crippen LogP contribution in [-0.4, -0.2) is 12.2 Å². The zero-order valence-corrected chi connectivity index (χ0v) is 10.2. The van der Waals surface area contributed by atoms with Gasteiger partial charge in [-0.1, -0.05) is 33.6 Å². The number of hydrogen-bond acceptors (Lipinski definition) is 1. The maximum absolute atomic E-state index is 13.6. The molecule has 0 heterocycles. The van der Waals surface area contributed by atoms with E-state index in [1.54, 1.807) is 12.1 Å². The number of halogens is 3. The lowest BCUT2D eigenvalue weighted by molar-refractivity contribution is 0.200. The van der Waals surface area contributed by atoms with Crippen molar-refractivity contribution in [2.75, 3.05) is 6.54 Å². The fourth-order valence-electron chi connectivity index (χ4n) is 1.13. The van der Waals surface area contributed by atoms with Gasteiger partial charge in [0, 0.05) is 22.5 Å². The highest BCUT2D eigenvalue weighted by atomic mass is 79.9. The van der Waals surface area contributed by atoms with E-state index in [4.69, 9.17) is 17.3 Å². The Kier molecular flexibility index (Phi) is 3.93. The Morgan fingerprint density at radius 2 is 2.21 bits per heavy atom. The van der Waals surface area contributed by atoms with Gasteiger partial charge in [-0.25, -0.2) is 4.39 Å². The first-order valence-corrected chi connectivity index (χ1v) is 5.44. The standard InChI is InChI=1S/C10H12BrClFN/c1-10(13,6-14)5-7-2-3-8(11)4-9(7)12/h2-4H,5-6,14H2,1H3. The summed E-state index contributed by atoms with van der Waals surface area (Å²) in [4.78, 5) is 0. The lowest BCUT2D eigenvalue weighted by Crippen LogP contribution is -2.31. The molecule has 4 heteroatoms. The lowest BCUT2D eigenvalue weighted by atomic mass is 9.98. The van der Waals surface area contributed by atoms with E-state index in [9.17, 15) is 4.39 Å². The Morgan fingerprint density at radius 3 is 2.71 bits per heavy atom. The van der Waals surface area contributed by atoms with Crippen molar-refractivity contribution in [3.63, 3.8) is 0 Å². The fourth-order valence-corrected chi connectivity index (χ4v) is 1.87. The minimum Gasteiger partial charge on any atom is -0.328 e. The van der Waals surface area contributed by atoms with Crippen LogP contribution in [0.5, 0.6) is 0 Å². The Hall–Kier alpha value is -0.120. The predicted octanol–water partition coefficient (Wildman–Crippen LogP) is 3.33. The molecule has 1 rings (SSSR count). The normalized spacial score (nSPS) is 15.2. The summed E-state index contributed by atoms with van der Waals surface area (Å²) in [6.07, 6.45) is 0.246. The van der Waals surface area contributed by atoms with Crippen molar-refractivity contribution in [1.82, 2.24) is 0 Å². The maximum Gasteiger partial charge on any atom is 0.124 e. The first kappa shape index (κ1) is 12.0. The molecule has 2 N–H and O–H groups in total.